The number of nitrogens with zero attached hydrogens (tertiary/aromatic N) is 1. The third-order valence-electron chi connectivity index (χ3n) is 3.33. The highest BCUT2D eigenvalue weighted by Crippen LogP contribution is 2.15. The van der Waals surface area contributed by atoms with Crippen molar-refractivity contribution < 1.29 is 4.79 Å². The van der Waals surface area contributed by atoms with Crippen LogP contribution in [-0.4, -0.2) is 42.0 Å². The number of nitrogens with one attached hydrogen (secondary N) is 2. The van der Waals surface area contributed by atoms with E-state index in [9.17, 15) is 4.79 Å². The molecule has 2 rings (SSSR count). The van der Waals surface area contributed by atoms with Gasteiger partial charge in [-0.25, -0.2) is 0 Å². The smallest absolute Gasteiger partial charge is 0.225 e. The quantitative estimate of drug-likeness (QED) is 0.834. The van der Waals surface area contributed by atoms with E-state index in [0.717, 1.165) is 40.5 Å². The number of aryl methyl sites for hydroxylation is 1. The third-order valence-corrected chi connectivity index (χ3v) is 4.66. The van der Waals surface area contributed by atoms with Crippen LogP contribution in [0.4, 0.5) is 0 Å². The number of carbonyl (C=O) groups excluding carboxylic acids is 1. The topological polar surface area (TPSA) is 48.1 Å². The Balaban J connectivity index is 1.85. The van der Waals surface area contributed by atoms with Gasteiger partial charge in [0.1, 0.15) is 0 Å². The summed E-state index contributed by atoms with van der Waals surface area (Å²) in [6.07, 6.45) is 2.53. The van der Waals surface area contributed by atoms with Crippen LogP contribution in [0, 0.1) is 10.9 Å². The number of piperidine rings is 1. The first-order chi connectivity index (χ1) is 8.54. The van der Waals surface area contributed by atoms with Crippen molar-refractivity contribution in [2.24, 2.45) is 0 Å². The molecule has 18 heavy (non-hydrogen) atoms. The minimum atomic E-state index is 0.109. The Labute approximate surface area is 116 Å². The minimum Gasteiger partial charge on any atom is -0.353 e. The second kappa shape index (κ2) is 5.95. The maximum absolute atomic E-state index is 12.0. The summed E-state index contributed by atoms with van der Waals surface area (Å²) in [5.74, 6) is 0.109. The molecule has 0 aromatic carbocycles. The Morgan fingerprint density at radius 3 is 2.78 bits per heavy atom. The van der Waals surface area contributed by atoms with Crippen LogP contribution in [0.5, 0.6) is 0 Å². The lowest BCUT2D eigenvalue weighted by molar-refractivity contribution is -0.121. The van der Waals surface area contributed by atoms with Crippen LogP contribution in [0.1, 0.15) is 23.4 Å². The third kappa shape index (κ3) is 3.63. The van der Waals surface area contributed by atoms with E-state index in [4.69, 9.17) is 12.2 Å². The summed E-state index contributed by atoms with van der Waals surface area (Å²) in [6, 6.07) is 0.334. The van der Waals surface area contributed by atoms with Gasteiger partial charge in [-0.2, -0.15) is 0 Å². The molecule has 0 aliphatic carbocycles. The van der Waals surface area contributed by atoms with Gasteiger partial charge in [0.2, 0.25) is 5.91 Å². The second-order valence-corrected chi connectivity index (χ2v) is 6.66. The Morgan fingerprint density at radius 1 is 1.56 bits per heavy atom. The van der Waals surface area contributed by atoms with Crippen LogP contribution in [-0.2, 0) is 11.2 Å². The molecule has 0 unspecified atom stereocenters. The monoisotopic (exact) mass is 285 g/mol. The molecule has 1 aromatic rings. The Kier molecular flexibility index (Phi) is 4.53. The van der Waals surface area contributed by atoms with E-state index in [1.165, 1.54) is 11.3 Å². The molecular weight excluding hydrogens is 266 g/mol. The number of amides is 1. The molecule has 4 nitrogen and oxygen atoms in total. The van der Waals surface area contributed by atoms with Crippen molar-refractivity contribution in [3.8, 4) is 0 Å². The van der Waals surface area contributed by atoms with Gasteiger partial charge in [0, 0.05) is 16.6 Å². The summed E-state index contributed by atoms with van der Waals surface area (Å²) in [5.41, 5.74) is 1.02. The summed E-state index contributed by atoms with van der Waals surface area (Å²) in [7, 11) is 2.12. The van der Waals surface area contributed by atoms with Crippen molar-refractivity contribution in [1.82, 2.24) is 15.2 Å². The largest absolute Gasteiger partial charge is 0.353 e. The number of thiazole rings is 1. The number of carbonyl (C=O) groups is 1. The number of aromatic amines is 1. The first-order valence-electron chi connectivity index (χ1n) is 6.21. The molecule has 0 bridgehead atoms. The molecule has 6 heteroatoms. The fraction of sp³-hybridized carbons (Fsp3) is 0.667. The van der Waals surface area contributed by atoms with Crippen LogP contribution in [0.15, 0.2) is 0 Å². The lowest BCUT2D eigenvalue weighted by atomic mass is 10.1. The van der Waals surface area contributed by atoms with Gasteiger partial charge in [0.25, 0.3) is 0 Å². The Morgan fingerprint density at radius 2 is 2.22 bits per heavy atom. The highest BCUT2D eigenvalue weighted by atomic mass is 32.1. The Bertz CT molecular complexity index is 472. The lowest BCUT2D eigenvalue weighted by Gasteiger charge is -2.29. The van der Waals surface area contributed by atoms with Gasteiger partial charge in [0.05, 0.1) is 6.42 Å². The zero-order chi connectivity index (χ0) is 13.1. The van der Waals surface area contributed by atoms with E-state index in [0.29, 0.717) is 12.5 Å². The van der Waals surface area contributed by atoms with E-state index >= 15 is 0 Å². The molecule has 1 aliphatic heterocycles. The van der Waals surface area contributed by atoms with Crippen LogP contribution in [0.25, 0.3) is 0 Å². The summed E-state index contributed by atoms with van der Waals surface area (Å²) < 4.78 is 0.745. The summed E-state index contributed by atoms with van der Waals surface area (Å²) >= 11 is 6.57. The Hall–Kier alpha value is -0.720. The van der Waals surface area contributed by atoms with Crippen LogP contribution in [0.3, 0.4) is 0 Å². The summed E-state index contributed by atoms with van der Waals surface area (Å²) in [4.78, 5) is 18.4. The molecule has 1 aromatic heterocycles. The van der Waals surface area contributed by atoms with Crippen molar-refractivity contribution in [1.29, 1.82) is 0 Å². The molecule has 1 saturated heterocycles. The van der Waals surface area contributed by atoms with Crippen LogP contribution in [0.2, 0.25) is 0 Å². The van der Waals surface area contributed by atoms with E-state index in [1.807, 2.05) is 6.92 Å². The molecular formula is C12H19N3OS2. The second-order valence-electron chi connectivity index (χ2n) is 4.88. The normalized spacial score (nSPS) is 17.9. The number of hydrogen-bond donors (Lipinski definition) is 2. The van der Waals surface area contributed by atoms with Gasteiger partial charge in [-0.15, -0.1) is 11.3 Å². The predicted octanol–water partition coefficient (Wildman–Crippen LogP) is 1.87. The lowest BCUT2D eigenvalue weighted by Crippen LogP contribution is -2.43. The van der Waals surface area contributed by atoms with Gasteiger partial charge >= 0.3 is 0 Å². The molecule has 100 valence electrons. The van der Waals surface area contributed by atoms with Crippen molar-refractivity contribution in [3.05, 3.63) is 14.5 Å². The van der Waals surface area contributed by atoms with Crippen molar-refractivity contribution in [2.45, 2.75) is 32.2 Å². The van der Waals surface area contributed by atoms with Gasteiger partial charge in [-0.05, 0) is 52.1 Å². The molecule has 0 spiro atoms. The standard InChI is InChI=1S/C12H19N3OS2/c1-8-10(18-12(17)13-8)7-11(16)14-9-3-5-15(2)6-4-9/h9H,3-7H2,1-2H3,(H,13,17)(H,14,16). The molecule has 0 atom stereocenters. The van der Waals surface area contributed by atoms with E-state index in [1.54, 1.807) is 0 Å². The number of likely N-dealkylation sites (tertiary alicyclic amines) is 1. The van der Waals surface area contributed by atoms with Crippen molar-refractivity contribution in [3.63, 3.8) is 0 Å². The van der Waals surface area contributed by atoms with Crippen LogP contribution < -0.4 is 5.32 Å². The first kappa shape index (κ1) is 13.7. The zero-order valence-electron chi connectivity index (χ0n) is 10.8. The molecule has 2 N–H and O–H groups in total. The van der Waals surface area contributed by atoms with Gasteiger partial charge in [0.15, 0.2) is 3.95 Å². The number of hydrogen-bond acceptors (Lipinski definition) is 4. The average molecular weight is 285 g/mol. The molecule has 1 aliphatic rings. The number of H-pyrrole nitrogens is 1. The maximum Gasteiger partial charge on any atom is 0.225 e. The molecule has 1 amide bonds. The maximum atomic E-state index is 12.0. The van der Waals surface area contributed by atoms with Gasteiger partial charge < -0.3 is 15.2 Å². The predicted molar refractivity (Wildman–Crippen MR) is 76.6 cm³/mol. The molecule has 0 radical (unpaired) electrons. The van der Waals surface area contributed by atoms with Gasteiger partial charge in [-0.3, -0.25) is 4.79 Å². The summed E-state index contributed by atoms with van der Waals surface area (Å²) in [5, 5.41) is 3.12. The van der Waals surface area contributed by atoms with E-state index < -0.39 is 0 Å². The van der Waals surface area contributed by atoms with Crippen molar-refractivity contribution in [2.75, 3.05) is 20.1 Å². The van der Waals surface area contributed by atoms with Crippen LogP contribution >= 0.6 is 23.6 Å². The van der Waals surface area contributed by atoms with Gasteiger partial charge in [-0.1, -0.05) is 0 Å². The van der Waals surface area contributed by atoms with E-state index in [2.05, 4.69) is 22.2 Å². The number of rotatable bonds is 3. The molecule has 2 heterocycles. The molecule has 1 fully saturated rings. The summed E-state index contributed by atoms with van der Waals surface area (Å²) in [6.45, 7) is 4.09. The first-order valence-corrected chi connectivity index (χ1v) is 7.43. The average Bonchev–Trinajstić information content (AvgIpc) is 2.61. The van der Waals surface area contributed by atoms with E-state index in [-0.39, 0.29) is 5.91 Å². The SMILES string of the molecule is Cc1[nH]c(=S)sc1CC(=O)NC1CCN(C)CC1. The fourth-order valence-electron chi connectivity index (χ4n) is 2.18. The highest BCUT2D eigenvalue weighted by Gasteiger charge is 2.19. The zero-order valence-corrected chi connectivity index (χ0v) is 12.4. The van der Waals surface area contributed by atoms with Crippen molar-refractivity contribution >= 4 is 29.5 Å². The molecule has 0 saturated carbocycles. The minimum absolute atomic E-state index is 0.109. The highest BCUT2D eigenvalue weighted by molar-refractivity contribution is 7.73. The fourth-order valence-corrected chi connectivity index (χ4v) is 3.47. The number of aromatic nitrogens is 1.